The molecule has 6 aromatic carbocycles. The topological polar surface area (TPSA) is 102 Å². The quantitative estimate of drug-likeness (QED) is 0.143. The Labute approximate surface area is 268 Å². The number of nitrogens with zero attached hydrogens (tertiary/aromatic N) is 1. The van der Waals surface area contributed by atoms with Gasteiger partial charge in [-0.25, -0.2) is 4.90 Å². The van der Waals surface area contributed by atoms with Gasteiger partial charge < -0.3 is 14.8 Å². The van der Waals surface area contributed by atoms with E-state index in [1.54, 1.807) is 103 Å². The summed E-state index contributed by atoms with van der Waals surface area (Å²) in [6, 6.07) is 36.9. The number of hydrogen-bond acceptors (Lipinski definition) is 7. The van der Waals surface area contributed by atoms with Crippen molar-refractivity contribution in [3.8, 4) is 23.0 Å². The monoisotopic (exact) mass is 616 g/mol. The molecule has 1 heterocycles. The molecule has 47 heavy (non-hydrogen) atoms. The summed E-state index contributed by atoms with van der Waals surface area (Å²) in [6.07, 6.45) is 0. The minimum Gasteiger partial charge on any atom is -0.457 e. The number of imide groups is 1. The number of Topliss-reactive ketones (excluding diaryl/α,β-unsaturated/α-hetero) is 2. The molecule has 8 rings (SSSR count). The zero-order valence-corrected chi connectivity index (χ0v) is 24.7. The minimum atomic E-state index is -1.30. The molecule has 8 nitrogen and oxygen atoms in total. The number of rotatable bonds is 7. The van der Waals surface area contributed by atoms with Crippen LogP contribution in [0.5, 0.6) is 23.0 Å². The van der Waals surface area contributed by atoms with Crippen LogP contribution in [-0.4, -0.2) is 29.4 Å². The summed E-state index contributed by atoms with van der Waals surface area (Å²) < 4.78 is 12.6. The fourth-order valence-corrected chi connectivity index (χ4v) is 6.18. The Hall–Kier alpha value is -6.54. The number of carbonyl (C=O) groups excluding carboxylic acids is 4. The molecule has 1 aliphatic heterocycles. The summed E-state index contributed by atoms with van der Waals surface area (Å²) >= 11 is 0. The van der Waals surface area contributed by atoms with Crippen LogP contribution in [0.25, 0.3) is 10.8 Å². The van der Waals surface area contributed by atoms with Crippen molar-refractivity contribution in [1.82, 2.24) is 0 Å². The predicted molar refractivity (Wildman–Crippen MR) is 177 cm³/mol. The van der Waals surface area contributed by atoms with Gasteiger partial charge in [-0.05, 0) is 60.7 Å². The third-order valence-corrected chi connectivity index (χ3v) is 8.26. The third-order valence-electron chi connectivity index (χ3n) is 8.26. The first kappa shape index (κ1) is 28.0. The van der Waals surface area contributed by atoms with Gasteiger partial charge in [0, 0.05) is 22.0 Å². The molecule has 226 valence electrons. The molecule has 0 fully saturated rings. The fraction of sp³-hybridized carbons (Fsp3) is 0.0256. The lowest BCUT2D eigenvalue weighted by molar-refractivity contribution is 0.0856. The normalized spacial score (nSPS) is 15.1. The van der Waals surface area contributed by atoms with Crippen LogP contribution in [0.4, 0.5) is 11.4 Å². The lowest BCUT2D eigenvalue weighted by Crippen LogP contribution is -2.44. The van der Waals surface area contributed by atoms with Gasteiger partial charge in [-0.3, -0.25) is 19.2 Å². The summed E-state index contributed by atoms with van der Waals surface area (Å²) in [5.41, 5.74) is 1.32. The standard InChI is InChI=1S/C39H24N2O6/c42-36-27-21-30(47-26-19-11-4-12-20-26)34-32-28(38(44)41(39(34)45)24-15-7-2-8-16-24)22-29(46-25-17-9-3-10-18-25)33(31(27)32)37(43)35(36)40-23-13-5-1-6-14-23/h1-22,35,40H/t35-/m1/s1. The molecule has 0 spiro atoms. The van der Waals surface area contributed by atoms with Gasteiger partial charge in [0.1, 0.15) is 23.0 Å². The van der Waals surface area contributed by atoms with Crippen molar-refractivity contribution in [2.45, 2.75) is 6.04 Å². The molecule has 0 aromatic heterocycles. The highest BCUT2D eigenvalue weighted by molar-refractivity contribution is 6.42. The molecule has 0 saturated heterocycles. The Morgan fingerprint density at radius 3 is 1.60 bits per heavy atom. The number of amides is 2. The highest BCUT2D eigenvalue weighted by Crippen LogP contribution is 2.48. The largest absolute Gasteiger partial charge is 0.457 e. The molecule has 2 amide bonds. The summed E-state index contributed by atoms with van der Waals surface area (Å²) in [5, 5.41) is 3.44. The number of benzene rings is 6. The van der Waals surface area contributed by atoms with E-state index in [1.165, 1.54) is 12.1 Å². The molecule has 1 aliphatic carbocycles. The third kappa shape index (κ3) is 4.62. The van der Waals surface area contributed by atoms with Gasteiger partial charge >= 0.3 is 0 Å². The van der Waals surface area contributed by atoms with E-state index in [0.717, 1.165) is 4.90 Å². The summed E-state index contributed by atoms with van der Waals surface area (Å²) in [4.78, 5) is 58.5. The van der Waals surface area contributed by atoms with Gasteiger partial charge in [0.05, 0.1) is 22.4 Å². The zero-order valence-electron chi connectivity index (χ0n) is 24.7. The SMILES string of the molecule is O=C1c2cc(Oc3ccccc3)c3c4c(cc(Oc5ccccc5)c(c24)C(=O)[C@@H]1Nc1ccccc1)C(=O)N(c1ccccc1)C3=O. The van der Waals surface area contributed by atoms with Crippen molar-refractivity contribution in [1.29, 1.82) is 0 Å². The molecule has 0 bridgehead atoms. The molecular formula is C39H24N2O6. The fourth-order valence-electron chi connectivity index (χ4n) is 6.18. The van der Waals surface area contributed by atoms with Crippen LogP contribution in [0.2, 0.25) is 0 Å². The Balaban J connectivity index is 1.43. The number of ketones is 2. The van der Waals surface area contributed by atoms with Gasteiger partial charge in [-0.2, -0.15) is 0 Å². The molecule has 8 heteroatoms. The molecule has 6 aromatic rings. The van der Waals surface area contributed by atoms with Gasteiger partial charge in [0.2, 0.25) is 0 Å². The second-order valence-corrected chi connectivity index (χ2v) is 11.1. The smallest absolute Gasteiger partial charge is 0.269 e. The number of para-hydroxylation sites is 4. The summed E-state index contributed by atoms with van der Waals surface area (Å²) in [5.74, 6) is -1.30. The van der Waals surface area contributed by atoms with Crippen molar-refractivity contribution in [2.75, 3.05) is 10.2 Å². The van der Waals surface area contributed by atoms with E-state index in [4.69, 9.17) is 9.47 Å². The summed E-state index contributed by atoms with van der Waals surface area (Å²) in [7, 11) is 0. The molecule has 2 aliphatic rings. The van der Waals surface area contributed by atoms with Crippen LogP contribution in [0.3, 0.4) is 0 Å². The first-order chi connectivity index (χ1) is 23.0. The van der Waals surface area contributed by atoms with E-state index in [-0.39, 0.29) is 44.5 Å². The van der Waals surface area contributed by atoms with Crippen molar-refractivity contribution in [3.05, 3.63) is 156 Å². The van der Waals surface area contributed by atoms with Gasteiger partial charge in [0.25, 0.3) is 11.8 Å². The number of hydrogen-bond donors (Lipinski definition) is 1. The number of ether oxygens (including phenoxy) is 2. The van der Waals surface area contributed by atoms with Crippen LogP contribution in [0, 0.1) is 0 Å². The highest BCUT2D eigenvalue weighted by atomic mass is 16.5. The Kier molecular flexibility index (Phi) is 6.62. The maximum absolute atomic E-state index is 14.4. The van der Waals surface area contributed by atoms with E-state index in [2.05, 4.69) is 5.32 Å². The van der Waals surface area contributed by atoms with Crippen LogP contribution >= 0.6 is 0 Å². The van der Waals surface area contributed by atoms with E-state index < -0.39 is 29.4 Å². The molecule has 1 N–H and O–H groups in total. The Bertz CT molecular complexity index is 2240. The van der Waals surface area contributed by atoms with E-state index >= 15 is 0 Å². The number of nitrogens with one attached hydrogen (secondary N) is 1. The van der Waals surface area contributed by atoms with Crippen LogP contribution in [-0.2, 0) is 0 Å². The van der Waals surface area contributed by atoms with Crippen LogP contribution in [0.1, 0.15) is 41.4 Å². The van der Waals surface area contributed by atoms with Gasteiger partial charge in [-0.1, -0.05) is 72.8 Å². The first-order valence-corrected chi connectivity index (χ1v) is 15.0. The minimum absolute atomic E-state index is 0.0636. The average Bonchev–Trinajstić information content (AvgIpc) is 3.10. The van der Waals surface area contributed by atoms with Crippen LogP contribution < -0.4 is 19.7 Å². The van der Waals surface area contributed by atoms with E-state index in [9.17, 15) is 19.2 Å². The second-order valence-electron chi connectivity index (χ2n) is 11.1. The zero-order chi connectivity index (χ0) is 32.1. The molecule has 0 unspecified atom stereocenters. The average molecular weight is 617 g/mol. The van der Waals surface area contributed by atoms with E-state index in [1.807, 2.05) is 18.2 Å². The summed E-state index contributed by atoms with van der Waals surface area (Å²) in [6.45, 7) is 0. The lowest BCUT2D eigenvalue weighted by atomic mass is 9.78. The Morgan fingerprint density at radius 2 is 1.00 bits per heavy atom. The Morgan fingerprint density at radius 1 is 0.511 bits per heavy atom. The molecule has 0 saturated carbocycles. The maximum atomic E-state index is 14.4. The molecular weight excluding hydrogens is 592 g/mol. The number of anilines is 2. The van der Waals surface area contributed by atoms with Gasteiger partial charge in [-0.15, -0.1) is 0 Å². The first-order valence-electron chi connectivity index (χ1n) is 15.0. The van der Waals surface area contributed by atoms with Crippen molar-refractivity contribution in [3.63, 3.8) is 0 Å². The van der Waals surface area contributed by atoms with Crippen molar-refractivity contribution < 1.29 is 28.7 Å². The number of carbonyl (C=O) groups is 4. The highest BCUT2D eigenvalue weighted by Gasteiger charge is 2.45. The maximum Gasteiger partial charge on any atom is 0.269 e. The van der Waals surface area contributed by atoms with Crippen molar-refractivity contribution >= 4 is 45.5 Å². The van der Waals surface area contributed by atoms with Crippen molar-refractivity contribution in [2.24, 2.45) is 0 Å². The predicted octanol–water partition coefficient (Wildman–Crippen LogP) is 8.08. The van der Waals surface area contributed by atoms with E-state index in [0.29, 0.717) is 22.9 Å². The van der Waals surface area contributed by atoms with Gasteiger partial charge in [0.15, 0.2) is 17.6 Å². The lowest BCUT2D eigenvalue weighted by Gasteiger charge is -2.33. The second kappa shape index (κ2) is 11.1. The van der Waals surface area contributed by atoms with Crippen LogP contribution in [0.15, 0.2) is 133 Å². The molecule has 1 atom stereocenters. The molecule has 0 radical (unpaired) electrons.